The number of aryl methyl sites for hydroxylation is 1. The molecule has 1 aromatic rings. The molecule has 0 radical (unpaired) electrons. The minimum absolute atomic E-state index is 0.106. The van der Waals surface area contributed by atoms with Gasteiger partial charge < -0.3 is 15.2 Å². The van der Waals surface area contributed by atoms with Crippen molar-refractivity contribution in [2.24, 2.45) is 0 Å². The van der Waals surface area contributed by atoms with E-state index in [9.17, 15) is 13.6 Å². The summed E-state index contributed by atoms with van der Waals surface area (Å²) in [5.41, 5.74) is 0.892. The zero-order chi connectivity index (χ0) is 14.3. The number of nitrogens with one attached hydrogen (secondary N) is 1. The predicted molar refractivity (Wildman–Crippen MR) is 66.4 cm³/mol. The third-order valence-corrected chi connectivity index (χ3v) is 2.55. The summed E-state index contributed by atoms with van der Waals surface area (Å²) in [5, 5.41) is 10.4. The molecule has 0 aliphatic heterocycles. The van der Waals surface area contributed by atoms with Crippen molar-refractivity contribution in [3.8, 4) is 5.75 Å². The minimum atomic E-state index is -3.27. The number of ether oxygens (including phenoxy) is 1. The van der Waals surface area contributed by atoms with Crippen LogP contribution in [0.4, 0.5) is 8.78 Å². The van der Waals surface area contributed by atoms with Gasteiger partial charge in [-0.3, -0.25) is 4.79 Å². The molecule has 6 heteroatoms. The topological polar surface area (TPSA) is 58.6 Å². The molecule has 0 saturated carbocycles. The first-order valence-corrected chi connectivity index (χ1v) is 5.85. The Labute approximate surface area is 110 Å². The molecule has 0 bridgehead atoms. The molecular weight excluding hydrogens is 256 g/mol. The Balaban J connectivity index is 2.37. The normalized spacial score (nSPS) is 11.2. The van der Waals surface area contributed by atoms with E-state index in [1.54, 1.807) is 25.3 Å². The SMILES string of the molecule is COc1cccc(CCC(=O)NCC(F)(F)CO)c1. The minimum Gasteiger partial charge on any atom is -0.497 e. The molecule has 0 aliphatic carbocycles. The Morgan fingerprint density at radius 3 is 2.84 bits per heavy atom. The lowest BCUT2D eigenvalue weighted by atomic mass is 10.1. The van der Waals surface area contributed by atoms with Gasteiger partial charge in [-0.25, -0.2) is 8.78 Å². The maximum Gasteiger partial charge on any atom is 0.287 e. The summed E-state index contributed by atoms with van der Waals surface area (Å²) < 4.78 is 30.4. The lowest BCUT2D eigenvalue weighted by molar-refractivity contribution is -0.124. The van der Waals surface area contributed by atoms with Gasteiger partial charge in [0.25, 0.3) is 5.92 Å². The molecule has 0 atom stereocenters. The summed E-state index contributed by atoms with van der Waals surface area (Å²) in [6, 6.07) is 7.20. The van der Waals surface area contributed by atoms with E-state index in [2.05, 4.69) is 5.32 Å². The standard InChI is InChI=1S/C13H17F2NO3/c1-19-11-4-2-3-10(7-11)5-6-12(18)16-8-13(14,15)9-17/h2-4,7,17H,5-6,8-9H2,1H3,(H,16,18). The van der Waals surface area contributed by atoms with E-state index in [4.69, 9.17) is 9.84 Å². The van der Waals surface area contributed by atoms with Crippen LogP contribution in [0.2, 0.25) is 0 Å². The molecule has 0 heterocycles. The Bertz CT molecular complexity index is 424. The molecule has 0 aromatic heterocycles. The first-order valence-electron chi connectivity index (χ1n) is 5.85. The van der Waals surface area contributed by atoms with E-state index < -0.39 is 25.0 Å². The summed E-state index contributed by atoms with van der Waals surface area (Å²) in [5.74, 6) is -3.06. The molecule has 0 unspecified atom stereocenters. The van der Waals surface area contributed by atoms with Gasteiger partial charge in [-0.05, 0) is 24.1 Å². The van der Waals surface area contributed by atoms with Crippen LogP contribution in [0.5, 0.6) is 5.75 Å². The van der Waals surface area contributed by atoms with Crippen LogP contribution in [0.25, 0.3) is 0 Å². The van der Waals surface area contributed by atoms with Gasteiger partial charge in [0, 0.05) is 6.42 Å². The van der Waals surface area contributed by atoms with Gasteiger partial charge in [0.15, 0.2) is 0 Å². The average Bonchev–Trinajstić information content (AvgIpc) is 2.43. The van der Waals surface area contributed by atoms with Crippen molar-refractivity contribution in [1.29, 1.82) is 0 Å². The number of carbonyl (C=O) groups is 1. The Hall–Kier alpha value is -1.69. The average molecular weight is 273 g/mol. The highest BCUT2D eigenvalue weighted by atomic mass is 19.3. The van der Waals surface area contributed by atoms with E-state index in [0.29, 0.717) is 12.2 Å². The zero-order valence-electron chi connectivity index (χ0n) is 10.7. The third kappa shape index (κ3) is 5.65. The number of rotatable bonds is 7. The van der Waals surface area contributed by atoms with Crippen molar-refractivity contribution in [1.82, 2.24) is 5.32 Å². The highest BCUT2D eigenvalue weighted by Gasteiger charge is 2.27. The van der Waals surface area contributed by atoms with Crippen molar-refractivity contribution in [3.05, 3.63) is 29.8 Å². The fraction of sp³-hybridized carbons (Fsp3) is 0.462. The molecule has 0 aliphatic rings. The first-order chi connectivity index (χ1) is 8.96. The molecule has 1 rings (SSSR count). The number of amides is 1. The second-order valence-electron chi connectivity index (χ2n) is 4.14. The summed E-state index contributed by atoms with van der Waals surface area (Å²) in [7, 11) is 1.54. The molecule has 0 fully saturated rings. The smallest absolute Gasteiger partial charge is 0.287 e. The number of aliphatic hydroxyl groups is 1. The summed E-state index contributed by atoms with van der Waals surface area (Å²) in [6.07, 6.45) is 0.544. The molecule has 0 saturated heterocycles. The van der Waals surface area contributed by atoms with Crippen molar-refractivity contribution in [2.75, 3.05) is 20.3 Å². The highest BCUT2D eigenvalue weighted by Crippen LogP contribution is 2.14. The summed E-state index contributed by atoms with van der Waals surface area (Å²) in [4.78, 5) is 11.4. The predicted octanol–water partition coefficient (Wildman–Crippen LogP) is 1.37. The van der Waals surface area contributed by atoms with Crippen molar-refractivity contribution in [2.45, 2.75) is 18.8 Å². The maximum absolute atomic E-state index is 12.7. The van der Waals surface area contributed by atoms with Gasteiger partial charge in [0.05, 0.1) is 13.7 Å². The summed E-state index contributed by atoms with van der Waals surface area (Å²) in [6.45, 7) is -2.12. The zero-order valence-corrected chi connectivity index (χ0v) is 10.7. The van der Waals surface area contributed by atoms with Crippen LogP contribution < -0.4 is 10.1 Å². The number of hydrogen-bond donors (Lipinski definition) is 2. The van der Waals surface area contributed by atoms with Gasteiger partial charge in [-0.2, -0.15) is 0 Å². The molecule has 106 valence electrons. The van der Waals surface area contributed by atoms with Crippen LogP contribution >= 0.6 is 0 Å². The van der Waals surface area contributed by atoms with E-state index in [1.165, 1.54) is 0 Å². The number of aliphatic hydroxyl groups excluding tert-OH is 1. The van der Waals surface area contributed by atoms with Crippen LogP contribution in [0.3, 0.4) is 0 Å². The van der Waals surface area contributed by atoms with Gasteiger partial charge >= 0.3 is 0 Å². The molecule has 2 N–H and O–H groups in total. The molecule has 19 heavy (non-hydrogen) atoms. The van der Waals surface area contributed by atoms with E-state index in [-0.39, 0.29) is 6.42 Å². The highest BCUT2D eigenvalue weighted by molar-refractivity contribution is 5.76. The van der Waals surface area contributed by atoms with Crippen LogP contribution in [0.1, 0.15) is 12.0 Å². The van der Waals surface area contributed by atoms with E-state index in [0.717, 1.165) is 5.56 Å². The Kier molecular flexibility index (Phi) is 5.69. The number of carbonyl (C=O) groups excluding carboxylic acids is 1. The van der Waals surface area contributed by atoms with Gasteiger partial charge in [-0.1, -0.05) is 12.1 Å². The van der Waals surface area contributed by atoms with Crippen molar-refractivity contribution < 1.29 is 23.4 Å². The van der Waals surface area contributed by atoms with Gasteiger partial charge in [-0.15, -0.1) is 0 Å². The lowest BCUT2D eigenvalue weighted by Crippen LogP contribution is -2.39. The van der Waals surface area contributed by atoms with Crippen LogP contribution in [0.15, 0.2) is 24.3 Å². The molecule has 1 amide bonds. The second-order valence-corrected chi connectivity index (χ2v) is 4.14. The fourth-order valence-electron chi connectivity index (χ4n) is 1.46. The molecular formula is C13H17F2NO3. The van der Waals surface area contributed by atoms with Crippen LogP contribution in [-0.2, 0) is 11.2 Å². The van der Waals surface area contributed by atoms with Gasteiger partial charge in [0.1, 0.15) is 12.4 Å². The monoisotopic (exact) mass is 273 g/mol. The number of alkyl halides is 2. The van der Waals surface area contributed by atoms with Gasteiger partial charge in [0.2, 0.25) is 5.91 Å². The number of hydrogen-bond acceptors (Lipinski definition) is 3. The Morgan fingerprint density at radius 2 is 2.21 bits per heavy atom. The lowest BCUT2D eigenvalue weighted by Gasteiger charge is -2.13. The maximum atomic E-state index is 12.7. The van der Waals surface area contributed by atoms with Crippen LogP contribution in [0, 0.1) is 0 Å². The molecule has 4 nitrogen and oxygen atoms in total. The largest absolute Gasteiger partial charge is 0.497 e. The van der Waals surface area contributed by atoms with E-state index in [1.807, 2.05) is 6.07 Å². The van der Waals surface area contributed by atoms with Crippen molar-refractivity contribution in [3.63, 3.8) is 0 Å². The second kappa shape index (κ2) is 7.04. The summed E-state index contributed by atoms with van der Waals surface area (Å²) >= 11 is 0. The number of benzene rings is 1. The molecule has 0 spiro atoms. The van der Waals surface area contributed by atoms with E-state index >= 15 is 0 Å². The number of halogens is 2. The quantitative estimate of drug-likeness (QED) is 0.789. The Morgan fingerprint density at radius 1 is 1.47 bits per heavy atom. The third-order valence-electron chi connectivity index (χ3n) is 2.55. The fourth-order valence-corrected chi connectivity index (χ4v) is 1.46. The first kappa shape index (κ1) is 15.4. The van der Waals surface area contributed by atoms with Crippen molar-refractivity contribution >= 4 is 5.91 Å². The molecule has 1 aromatic carbocycles. The number of methoxy groups -OCH3 is 1. The van der Waals surface area contributed by atoms with Crippen LogP contribution in [-0.4, -0.2) is 37.2 Å².